The molecule has 1 aromatic carbocycles. The monoisotopic (exact) mass is 266 g/mol. The molecule has 0 saturated carbocycles. The molecule has 102 valence electrons. The zero-order valence-corrected chi connectivity index (χ0v) is 11.0. The quantitative estimate of drug-likeness (QED) is 0.822. The Bertz CT molecular complexity index is 474. The fourth-order valence-corrected chi connectivity index (χ4v) is 1.80. The fraction of sp³-hybridized carbons (Fsp3) is 0.429. The van der Waals surface area contributed by atoms with Crippen molar-refractivity contribution in [3.63, 3.8) is 0 Å². The number of amides is 1. The van der Waals surface area contributed by atoms with E-state index in [-0.39, 0.29) is 36.9 Å². The highest BCUT2D eigenvalue weighted by Crippen LogP contribution is 2.14. The molecule has 0 N–H and O–H groups in total. The average molecular weight is 266 g/mol. The van der Waals surface area contributed by atoms with Crippen molar-refractivity contribution in [1.82, 2.24) is 4.90 Å². The van der Waals surface area contributed by atoms with Crippen LogP contribution in [-0.2, 0) is 11.2 Å². The summed E-state index contributed by atoms with van der Waals surface area (Å²) in [5.41, 5.74) is -0.227. The van der Waals surface area contributed by atoms with E-state index in [1.165, 1.54) is 11.0 Å². The molecular weight excluding hydrogens is 250 g/mol. The molecule has 0 atom stereocenters. The molecule has 0 aliphatic heterocycles. The minimum Gasteiger partial charge on any atom is -0.339 e. The topological polar surface area (TPSA) is 44.1 Å². The first-order valence-corrected chi connectivity index (χ1v) is 6.06. The van der Waals surface area contributed by atoms with Gasteiger partial charge in [0.1, 0.15) is 11.6 Å². The van der Waals surface area contributed by atoms with Gasteiger partial charge < -0.3 is 4.90 Å². The molecule has 0 aliphatic carbocycles. The number of nitrogens with zero attached hydrogens (tertiary/aromatic N) is 2. The van der Waals surface area contributed by atoms with Gasteiger partial charge in [-0.2, -0.15) is 5.26 Å². The van der Waals surface area contributed by atoms with Crippen LogP contribution in [0.15, 0.2) is 18.2 Å². The first kappa shape index (κ1) is 15.1. The molecule has 0 aromatic heterocycles. The van der Waals surface area contributed by atoms with Crippen LogP contribution >= 0.6 is 0 Å². The van der Waals surface area contributed by atoms with Gasteiger partial charge in [-0.25, -0.2) is 8.78 Å². The molecule has 0 saturated heterocycles. The Labute approximate surface area is 111 Å². The maximum absolute atomic E-state index is 13.5. The molecule has 5 heteroatoms. The minimum absolute atomic E-state index is 0.115. The summed E-state index contributed by atoms with van der Waals surface area (Å²) in [6.07, 6.45) is -0.133. The smallest absolute Gasteiger partial charge is 0.227 e. The van der Waals surface area contributed by atoms with Gasteiger partial charge in [0.2, 0.25) is 5.91 Å². The van der Waals surface area contributed by atoms with Crippen LogP contribution in [0.5, 0.6) is 0 Å². The van der Waals surface area contributed by atoms with E-state index in [4.69, 9.17) is 5.26 Å². The van der Waals surface area contributed by atoms with Gasteiger partial charge in [0, 0.05) is 18.2 Å². The summed E-state index contributed by atoms with van der Waals surface area (Å²) in [6, 6.07) is 5.35. The second-order valence-electron chi connectivity index (χ2n) is 4.47. The molecular formula is C14H16F2N2O. The van der Waals surface area contributed by atoms with Crippen molar-refractivity contribution in [2.45, 2.75) is 32.7 Å². The predicted octanol–water partition coefficient (Wildman–Crippen LogP) is 2.66. The van der Waals surface area contributed by atoms with Gasteiger partial charge in [-0.15, -0.1) is 0 Å². The van der Waals surface area contributed by atoms with Crippen LogP contribution in [0.1, 0.15) is 25.8 Å². The molecule has 0 bridgehead atoms. The van der Waals surface area contributed by atoms with Gasteiger partial charge in [-0.1, -0.05) is 6.07 Å². The Morgan fingerprint density at radius 2 is 1.95 bits per heavy atom. The van der Waals surface area contributed by atoms with Crippen LogP contribution in [0.3, 0.4) is 0 Å². The number of nitriles is 1. The van der Waals surface area contributed by atoms with Crippen molar-refractivity contribution < 1.29 is 13.6 Å². The van der Waals surface area contributed by atoms with E-state index < -0.39 is 11.6 Å². The summed E-state index contributed by atoms with van der Waals surface area (Å²) in [5.74, 6) is -1.83. The molecule has 3 nitrogen and oxygen atoms in total. The molecule has 1 amide bonds. The molecule has 0 unspecified atom stereocenters. The highest BCUT2D eigenvalue weighted by Gasteiger charge is 2.20. The fourth-order valence-electron chi connectivity index (χ4n) is 1.80. The zero-order valence-electron chi connectivity index (χ0n) is 11.0. The van der Waals surface area contributed by atoms with Crippen molar-refractivity contribution in [3.8, 4) is 6.07 Å². The third-order valence-corrected chi connectivity index (χ3v) is 2.80. The van der Waals surface area contributed by atoms with Crippen LogP contribution in [0.2, 0.25) is 0 Å². The second-order valence-corrected chi connectivity index (χ2v) is 4.47. The number of hydrogen-bond acceptors (Lipinski definition) is 2. The zero-order chi connectivity index (χ0) is 14.4. The number of hydrogen-bond donors (Lipinski definition) is 0. The van der Waals surface area contributed by atoms with Crippen molar-refractivity contribution >= 4 is 5.91 Å². The predicted molar refractivity (Wildman–Crippen MR) is 67.1 cm³/mol. The summed E-state index contributed by atoms with van der Waals surface area (Å²) in [6.45, 7) is 3.86. The molecule has 0 heterocycles. The number of carbonyl (C=O) groups excluding carboxylic acids is 1. The van der Waals surface area contributed by atoms with Gasteiger partial charge in [0.25, 0.3) is 0 Å². The van der Waals surface area contributed by atoms with E-state index >= 15 is 0 Å². The lowest BCUT2D eigenvalue weighted by Crippen LogP contribution is -2.38. The normalized spacial score (nSPS) is 10.3. The van der Waals surface area contributed by atoms with Crippen LogP contribution < -0.4 is 0 Å². The summed E-state index contributed by atoms with van der Waals surface area (Å²) in [5, 5.41) is 8.55. The van der Waals surface area contributed by atoms with Gasteiger partial charge >= 0.3 is 0 Å². The minimum atomic E-state index is -0.725. The molecule has 0 aliphatic rings. The van der Waals surface area contributed by atoms with Crippen LogP contribution in [0.4, 0.5) is 8.78 Å². The summed E-state index contributed by atoms with van der Waals surface area (Å²) in [7, 11) is 0. The molecule has 1 aromatic rings. The van der Waals surface area contributed by atoms with E-state index in [9.17, 15) is 13.6 Å². The number of carbonyl (C=O) groups is 1. The van der Waals surface area contributed by atoms with Gasteiger partial charge in [0.15, 0.2) is 0 Å². The molecule has 19 heavy (non-hydrogen) atoms. The number of rotatable bonds is 5. The van der Waals surface area contributed by atoms with Gasteiger partial charge in [-0.05, 0) is 26.0 Å². The summed E-state index contributed by atoms with van der Waals surface area (Å²) < 4.78 is 26.9. The SMILES string of the molecule is CC(C)N(CCC#N)C(=O)Cc1c(F)cccc1F. The van der Waals surface area contributed by atoms with Crippen LogP contribution in [0, 0.1) is 23.0 Å². The van der Waals surface area contributed by atoms with Crippen LogP contribution in [-0.4, -0.2) is 23.4 Å². The molecule has 1 rings (SSSR count). The van der Waals surface area contributed by atoms with Crippen LogP contribution in [0.25, 0.3) is 0 Å². The van der Waals surface area contributed by atoms with Crippen molar-refractivity contribution in [2.24, 2.45) is 0 Å². The van der Waals surface area contributed by atoms with E-state index in [1.54, 1.807) is 13.8 Å². The Morgan fingerprint density at radius 3 is 2.42 bits per heavy atom. The lowest BCUT2D eigenvalue weighted by atomic mass is 10.1. The Kier molecular flexibility index (Phi) is 5.43. The molecule has 0 radical (unpaired) electrons. The average Bonchev–Trinajstić information content (AvgIpc) is 2.34. The first-order valence-electron chi connectivity index (χ1n) is 6.06. The third kappa shape index (κ3) is 4.02. The lowest BCUT2D eigenvalue weighted by molar-refractivity contribution is -0.132. The maximum Gasteiger partial charge on any atom is 0.227 e. The maximum atomic E-state index is 13.5. The van der Waals surface area contributed by atoms with Gasteiger partial charge in [-0.3, -0.25) is 4.79 Å². The van der Waals surface area contributed by atoms with E-state index in [0.717, 1.165) is 12.1 Å². The standard InChI is InChI=1S/C14H16F2N2O/c1-10(2)18(8-4-7-17)14(19)9-11-12(15)5-3-6-13(11)16/h3,5-6,10H,4,8-9H2,1-2H3. The summed E-state index contributed by atoms with van der Waals surface area (Å²) in [4.78, 5) is 13.5. The van der Waals surface area contributed by atoms with Gasteiger partial charge in [0.05, 0.1) is 18.9 Å². The third-order valence-electron chi connectivity index (χ3n) is 2.80. The Morgan fingerprint density at radius 1 is 1.37 bits per heavy atom. The Hall–Kier alpha value is -1.96. The van der Waals surface area contributed by atoms with E-state index in [0.29, 0.717) is 0 Å². The largest absolute Gasteiger partial charge is 0.339 e. The van der Waals surface area contributed by atoms with Crippen molar-refractivity contribution in [1.29, 1.82) is 5.26 Å². The van der Waals surface area contributed by atoms with Crippen molar-refractivity contribution in [2.75, 3.05) is 6.54 Å². The van der Waals surface area contributed by atoms with Crippen molar-refractivity contribution in [3.05, 3.63) is 35.4 Å². The number of halogens is 2. The second kappa shape index (κ2) is 6.83. The van der Waals surface area contributed by atoms with E-state index in [2.05, 4.69) is 0 Å². The highest BCUT2D eigenvalue weighted by molar-refractivity contribution is 5.79. The molecule has 0 fully saturated rings. The number of benzene rings is 1. The highest BCUT2D eigenvalue weighted by atomic mass is 19.1. The first-order chi connectivity index (χ1) is 8.97. The summed E-state index contributed by atoms with van der Waals surface area (Å²) >= 11 is 0. The van der Waals surface area contributed by atoms with E-state index in [1.807, 2.05) is 6.07 Å². The Balaban J connectivity index is 2.85. The molecule has 0 spiro atoms. The lowest BCUT2D eigenvalue weighted by Gasteiger charge is -2.26.